The number of hydrogen-bond donors (Lipinski definition) is 1. The third kappa shape index (κ3) is 3.52. The summed E-state index contributed by atoms with van der Waals surface area (Å²) >= 11 is 0. The third-order valence-corrected chi connectivity index (χ3v) is 1.94. The average Bonchev–Trinajstić information content (AvgIpc) is 2.21. The Kier molecular flexibility index (Phi) is 4.62. The molecule has 0 aromatic heterocycles. The van der Waals surface area contributed by atoms with Crippen molar-refractivity contribution in [2.75, 3.05) is 6.61 Å². The molecule has 1 aromatic rings. The van der Waals surface area contributed by atoms with E-state index in [0.717, 1.165) is 30.8 Å². The van der Waals surface area contributed by atoms with Gasteiger partial charge in [0.2, 0.25) is 0 Å². The third-order valence-electron chi connectivity index (χ3n) is 1.94. The number of benzene rings is 1. The largest absolute Gasteiger partial charge is 0.494 e. The number of ether oxygens (including phenoxy) is 1. The molecule has 0 aliphatic carbocycles. The van der Waals surface area contributed by atoms with Gasteiger partial charge in [-0.15, -0.1) is 0 Å². The van der Waals surface area contributed by atoms with E-state index in [2.05, 4.69) is 6.92 Å². The van der Waals surface area contributed by atoms with Gasteiger partial charge in [0.1, 0.15) is 5.75 Å². The molecule has 2 nitrogen and oxygen atoms in total. The Bertz CT molecular complexity index is 277. The molecule has 0 aliphatic heterocycles. The van der Waals surface area contributed by atoms with Gasteiger partial charge in [-0.25, -0.2) is 0 Å². The summed E-state index contributed by atoms with van der Waals surface area (Å²) in [6.07, 6.45) is 5.65. The molecule has 1 rings (SSSR count). The van der Waals surface area contributed by atoms with E-state index >= 15 is 0 Å². The molecule has 0 radical (unpaired) electrons. The molecule has 0 amide bonds. The summed E-state index contributed by atoms with van der Waals surface area (Å²) in [5, 5.41) is 0. The van der Waals surface area contributed by atoms with Crippen molar-refractivity contribution in [3.8, 4) is 5.75 Å². The van der Waals surface area contributed by atoms with Crippen LogP contribution in [0.2, 0.25) is 0 Å². The Labute approximate surface area is 85.4 Å². The monoisotopic (exact) mass is 191 g/mol. The fraction of sp³-hybridized carbons (Fsp3) is 0.333. The van der Waals surface area contributed by atoms with Crippen molar-refractivity contribution in [1.82, 2.24) is 0 Å². The molecule has 0 fully saturated rings. The lowest BCUT2D eigenvalue weighted by Gasteiger charge is -2.04. The molecule has 0 saturated heterocycles. The number of rotatable bonds is 5. The van der Waals surface area contributed by atoms with Gasteiger partial charge in [-0.2, -0.15) is 0 Å². The van der Waals surface area contributed by atoms with Crippen molar-refractivity contribution in [3.05, 3.63) is 36.0 Å². The van der Waals surface area contributed by atoms with Crippen LogP contribution in [0.5, 0.6) is 5.75 Å². The van der Waals surface area contributed by atoms with Crippen LogP contribution < -0.4 is 10.5 Å². The zero-order chi connectivity index (χ0) is 10.2. The standard InChI is InChI=1S/C12H17NO/c1-2-3-10-14-12-6-4-11(5-7-12)8-9-13/h4-9H,2-3,10,13H2,1H3/b9-8+. The molecular formula is C12H17NO. The van der Waals surface area contributed by atoms with Gasteiger partial charge in [-0.05, 0) is 36.4 Å². The van der Waals surface area contributed by atoms with Gasteiger partial charge in [-0.3, -0.25) is 0 Å². The van der Waals surface area contributed by atoms with E-state index in [1.807, 2.05) is 30.3 Å². The number of unbranched alkanes of at least 4 members (excludes halogenated alkanes) is 1. The predicted molar refractivity (Wildman–Crippen MR) is 60.1 cm³/mol. The molecule has 0 atom stereocenters. The zero-order valence-corrected chi connectivity index (χ0v) is 8.57. The van der Waals surface area contributed by atoms with Crippen LogP contribution in [0.1, 0.15) is 25.3 Å². The Morgan fingerprint density at radius 2 is 2.00 bits per heavy atom. The van der Waals surface area contributed by atoms with Crippen molar-refractivity contribution in [2.24, 2.45) is 5.73 Å². The topological polar surface area (TPSA) is 35.2 Å². The van der Waals surface area contributed by atoms with Crippen LogP contribution in [0.25, 0.3) is 6.08 Å². The highest BCUT2D eigenvalue weighted by Gasteiger charge is 1.92. The second-order valence-electron chi connectivity index (χ2n) is 3.13. The minimum atomic E-state index is 0.794. The van der Waals surface area contributed by atoms with Gasteiger partial charge in [0.25, 0.3) is 0 Å². The summed E-state index contributed by atoms with van der Waals surface area (Å²) < 4.78 is 5.52. The highest BCUT2D eigenvalue weighted by molar-refractivity contribution is 5.49. The van der Waals surface area contributed by atoms with E-state index in [-0.39, 0.29) is 0 Å². The van der Waals surface area contributed by atoms with Crippen molar-refractivity contribution in [2.45, 2.75) is 19.8 Å². The minimum Gasteiger partial charge on any atom is -0.494 e. The summed E-state index contributed by atoms with van der Waals surface area (Å²) in [6.45, 7) is 2.95. The summed E-state index contributed by atoms with van der Waals surface area (Å²) in [7, 11) is 0. The highest BCUT2D eigenvalue weighted by Crippen LogP contribution is 2.13. The molecule has 76 valence electrons. The van der Waals surface area contributed by atoms with E-state index in [9.17, 15) is 0 Å². The number of nitrogens with two attached hydrogens (primary N) is 1. The minimum absolute atomic E-state index is 0.794. The van der Waals surface area contributed by atoms with Gasteiger partial charge >= 0.3 is 0 Å². The molecular weight excluding hydrogens is 174 g/mol. The second kappa shape index (κ2) is 6.08. The molecule has 0 aliphatic rings. The van der Waals surface area contributed by atoms with Gasteiger partial charge in [0.15, 0.2) is 0 Å². The van der Waals surface area contributed by atoms with E-state index in [4.69, 9.17) is 10.5 Å². The Morgan fingerprint density at radius 3 is 2.57 bits per heavy atom. The summed E-state index contributed by atoms with van der Waals surface area (Å²) in [6, 6.07) is 7.91. The first-order chi connectivity index (χ1) is 6.86. The number of hydrogen-bond acceptors (Lipinski definition) is 2. The molecule has 0 unspecified atom stereocenters. The summed E-state index contributed by atoms with van der Waals surface area (Å²) in [4.78, 5) is 0. The van der Waals surface area contributed by atoms with E-state index in [1.54, 1.807) is 0 Å². The fourth-order valence-electron chi connectivity index (χ4n) is 1.12. The highest BCUT2D eigenvalue weighted by atomic mass is 16.5. The molecule has 14 heavy (non-hydrogen) atoms. The Morgan fingerprint density at radius 1 is 1.29 bits per heavy atom. The normalized spacial score (nSPS) is 10.6. The van der Waals surface area contributed by atoms with Crippen LogP contribution in [0, 0.1) is 0 Å². The van der Waals surface area contributed by atoms with Gasteiger partial charge < -0.3 is 10.5 Å². The SMILES string of the molecule is CCCCOc1ccc(/C=C/N)cc1. The van der Waals surface area contributed by atoms with Crippen LogP contribution in [-0.2, 0) is 0 Å². The first-order valence-electron chi connectivity index (χ1n) is 4.98. The molecule has 0 bridgehead atoms. The van der Waals surface area contributed by atoms with Crippen LogP contribution in [0.3, 0.4) is 0 Å². The predicted octanol–water partition coefficient (Wildman–Crippen LogP) is 2.79. The molecule has 1 aromatic carbocycles. The van der Waals surface area contributed by atoms with Gasteiger partial charge in [0.05, 0.1) is 6.61 Å². The van der Waals surface area contributed by atoms with Crippen molar-refractivity contribution >= 4 is 6.08 Å². The van der Waals surface area contributed by atoms with Crippen LogP contribution in [0.4, 0.5) is 0 Å². The van der Waals surface area contributed by atoms with Crippen LogP contribution >= 0.6 is 0 Å². The first kappa shape index (κ1) is 10.6. The summed E-state index contributed by atoms with van der Waals surface area (Å²) in [5.41, 5.74) is 6.38. The lowest BCUT2D eigenvalue weighted by atomic mass is 10.2. The van der Waals surface area contributed by atoms with Crippen molar-refractivity contribution in [1.29, 1.82) is 0 Å². The molecule has 2 N–H and O–H groups in total. The zero-order valence-electron chi connectivity index (χ0n) is 8.57. The van der Waals surface area contributed by atoms with Crippen molar-refractivity contribution in [3.63, 3.8) is 0 Å². The van der Waals surface area contributed by atoms with Gasteiger partial charge in [-0.1, -0.05) is 25.5 Å². The van der Waals surface area contributed by atoms with E-state index < -0.39 is 0 Å². The Balaban J connectivity index is 2.46. The smallest absolute Gasteiger partial charge is 0.119 e. The second-order valence-corrected chi connectivity index (χ2v) is 3.13. The first-order valence-corrected chi connectivity index (χ1v) is 4.98. The average molecular weight is 191 g/mol. The Hall–Kier alpha value is -1.44. The molecule has 0 heterocycles. The molecule has 2 heteroatoms. The summed E-state index contributed by atoms with van der Waals surface area (Å²) in [5.74, 6) is 0.924. The van der Waals surface area contributed by atoms with Gasteiger partial charge in [0, 0.05) is 0 Å². The quantitative estimate of drug-likeness (QED) is 0.726. The lowest BCUT2D eigenvalue weighted by molar-refractivity contribution is 0.309. The maximum Gasteiger partial charge on any atom is 0.119 e. The van der Waals surface area contributed by atoms with Crippen LogP contribution in [0.15, 0.2) is 30.5 Å². The van der Waals surface area contributed by atoms with E-state index in [1.165, 1.54) is 6.20 Å². The van der Waals surface area contributed by atoms with Crippen molar-refractivity contribution < 1.29 is 4.74 Å². The van der Waals surface area contributed by atoms with E-state index in [0.29, 0.717) is 0 Å². The lowest BCUT2D eigenvalue weighted by Crippen LogP contribution is -1.95. The maximum absolute atomic E-state index is 5.52. The fourth-order valence-corrected chi connectivity index (χ4v) is 1.12. The van der Waals surface area contributed by atoms with Crippen LogP contribution in [-0.4, -0.2) is 6.61 Å². The molecule has 0 saturated carbocycles. The maximum atomic E-state index is 5.52. The molecule has 0 spiro atoms.